The third kappa shape index (κ3) is 3.51. The maximum atomic E-state index is 13.6. The van der Waals surface area contributed by atoms with Gasteiger partial charge in [-0.2, -0.15) is 0 Å². The average molecular weight is 411 g/mol. The topological polar surface area (TPSA) is 71.9 Å². The van der Waals surface area contributed by atoms with Crippen LogP contribution in [0.1, 0.15) is 21.5 Å². The summed E-state index contributed by atoms with van der Waals surface area (Å²) in [5.41, 5.74) is 4.96. The summed E-state index contributed by atoms with van der Waals surface area (Å²) in [5.74, 6) is -0.137. The normalized spacial score (nSPS) is 11.1. The lowest BCUT2D eigenvalue weighted by molar-refractivity contribution is 0.0985. The molecule has 0 fully saturated rings. The maximum Gasteiger partial charge on any atom is 0.260 e. The van der Waals surface area contributed by atoms with Gasteiger partial charge in [-0.1, -0.05) is 23.5 Å². The second-order valence-electron chi connectivity index (χ2n) is 6.98. The Morgan fingerprint density at radius 1 is 0.967 bits per heavy atom. The minimum absolute atomic E-state index is 0.137. The van der Waals surface area contributed by atoms with Gasteiger partial charge in [0.15, 0.2) is 5.13 Å². The monoisotopic (exact) mass is 411 g/mol. The number of nitrogens with zero attached hydrogens (tertiary/aromatic N) is 5. The molecule has 5 aromatic rings. The highest BCUT2D eigenvalue weighted by molar-refractivity contribution is 7.22. The Labute approximate surface area is 176 Å². The van der Waals surface area contributed by atoms with Gasteiger partial charge in [0.05, 0.1) is 27.8 Å². The molecule has 0 spiro atoms. The third-order valence-electron chi connectivity index (χ3n) is 4.79. The van der Waals surface area contributed by atoms with E-state index in [2.05, 4.69) is 21.0 Å². The van der Waals surface area contributed by atoms with Crippen LogP contribution < -0.4 is 4.90 Å². The number of hydrogen-bond acceptors (Lipinski definition) is 6. The standard InChI is InChI=1S/C23H17N5OS/c1-15-4-6-19-21(11-15)30-23(27-19)28(14-16-3-2-8-24-13-16)22(29)17-5-7-18-20(12-17)26-10-9-25-18/h2-13H,14H2,1H3. The highest BCUT2D eigenvalue weighted by Gasteiger charge is 2.22. The first-order chi connectivity index (χ1) is 14.7. The average Bonchev–Trinajstić information content (AvgIpc) is 3.20. The largest absolute Gasteiger partial charge is 0.279 e. The van der Waals surface area contributed by atoms with Crippen LogP contribution in [-0.2, 0) is 6.54 Å². The third-order valence-corrected chi connectivity index (χ3v) is 5.83. The van der Waals surface area contributed by atoms with E-state index in [1.165, 1.54) is 11.3 Å². The van der Waals surface area contributed by atoms with Crippen LogP contribution in [0, 0.1) is 6.92 Å². The number of carbonyl (C=O) groups is 1. The summed E-state index contributed by atoms with van der Waals surface area (Å²) in [5, 5.41) is 0.656. The van der Waals surface area contributed by atoms with Crippen molar-refractivity contribution >= 4 is 43.6 Å². The van der Waals surface area contributed by atoms with Crippen molar-refractivity contribution in [1.29, 1.82) is 0 Å². The van der Waals surface area contributed by atoms with Crippen LogP contribution in [0.2, 0.25) is 0 Å². The quantitative estimate of drug-likeness (QED) is 0.425. The van der Waals surface area contributed by atoms with Gasteiger partial charge in [0.1, 0.15) is 0 Å². The Kier molecular flexibility index (Phi) is 4.65. The van der Waals surface area contributed by atoms with E-state index in [1.807, 2.05) is 37.3 Å². The van der Waals surface area contributed by atoms with E-state index >= 15 is 0 Å². The highest BCUT2D eigenvalue weighted by Crippen LogP contribution is 2.31. The molecular formula is C23H17N5OS. The zero-order valence-corrected chi connectivity index (χ0v) is 17.0. The summed E-state index contributed by atoms with van der Waals surface area (Å²) in [6.07, 6.45) is 6.75. The lowest BCUT2D eigenvalue weighted by Crippen LogP contribution is -2.30. The summed E-state index contributed by atoms with van der Waals surface area (Å²) in [6.45, 7) is 2.43. The number of pyridine rings is 1. The number of hydrogen-bond donors (Lipinski definition) is 0. The molecule has 0 saturated carbocycles. The van der Waals surface area contributed by atoms with Crippen LogP contribution in [0.25, 0.3) is 21.3 Å². The summed E-state index contributed by atoms with van der Waals surface area (Å²) < 4.78 is 1.05. The van der Waals surface area contributed by atoms with Gasteiger partial charge >= 0.3 is 0 Å². The van der Waals surface area contributed by atoms with E-state index in [4.69, 9.17) is 4.98 Å². The van der Waals surface area contributed by atoms with Crippen molar-refractivity contribution in [1.82, 2.24) is 19.9 Å². The van der Waals surface area contributed by atoms with Crippen molar-refractivity contribution in [3.63, 3.8) is 0 Å². The molecule has 146 valence electrons. The number of aromatic nitrogens is 4. The van der Waals surface area contributed by atoms with Crippen molar-refractivity contribution in [3.8, 4) is 0 Å². The number of rotatable bonds is 4. The molecule has 0 N–H and O–H groups in total. The summed E-state index contributed by atoms with van der Waals surface area (Å²) in [6, 6.07) is 15.3. The minimum atomic E-state index is -0.137. The zero-order valence-electron chi connectivity index (χ0n) is 16.2. The molecule has 3 aromatic heterocycles. The van der Waals surface area contributed by atoms with Gasteiger partial charge in [0.25, 0.3) is 5.91 Å². The first kappa shape index (κ1) is 18.3. The second kappa shape index (κ2) is 7.61. The predicted octanol–water partition coefficient (Wildman–Crippen LogP) is 4.79. The van der Waals surface area contributed by atoms with Gasteiger partial charge < -0.3 is 0 Å². The van der Waals surface area contributed by atoms with E-state index in [1.54, 1.807) is 41.8 Å². The van der Waals surface area contributed by atoms with E-state index in [0.717, 1.165) is 26.9 Å². The molecule has 3 heterocycles. The molecule has 0 atom stereocenters. The first-order valence-electron chi connectivity index (χ1n) is 9.46. The SMILES string of the molecule is Cc1ccc2nc(N(Cc3cccnc3)C(=O)c3ccc4nccnc4c3)sc2c1. The molecule has 0 saturated heterocycles. The Bertz CT molecular complexity index is 1370. The van der Waals surface area contributed by atoms with Crippen molar-refractivity contribution < 1.29 is 4.79 Å². The fourth-order valence-electron chi connectivity index (χ4n) is 3.29. The summed E-state index contributed by atoms with van der Waals surface area (Å²) >= 11 is 1.51. The van der Waals surface area contributed by atoms with Gasteiger partial charge in [0.2, 0.25) is 0 Å². The van der Waals surface area contributed by atoms with E-state index in [0.29, 0.717) is 22.8 Å². The van der Waals surface area contributed by atoms with E-state index in [9.17, 15) is 4.79 Å². The summed E-state index contributed by atoms with van der Waals surface area (Å²) in [7, 11) is 0. The lowest BCUT2D eigenvalue weighted by atomic mass is 10.1. The number of amides is 1. The van der Waals surface area contributed by atoms with Crippen molar-refractivity contribution in [2.45, 2.75) is 13.5 Å². The van der Waals surface area contributed by atoms with Gasteiger partial charge in [-0.25, -0.2) is 4.98 Å². The molecule has 7 heteroatoms. The molecule has 0 aliphatic carbocycles. The zero-order chi connectivity index (χ0) is 20.5. The Morgan fingerprint density at radius 3 is 2.63 bits per heavy atom. The van der Waals surface area contributed by atoms with Crippen molar-refractivity contribution in [3.05, 3.63) is 90.0 Å². The maximum absolute atomic E-state index is 13.6. The Morgan fingerprint density at radius 2 is 1.80 bits per heavy atom. The first-order valence-corrected chi connectivity index (χ1v) is 10.3. The molecule has 0 radical (unpaired) electrons. The van der Waals surface area contributed by atoms with Crippen LogP contribution in [0.15, 0.2) is 73.3 Å². The molecule has 2 aromatic carbocycles. The number of anilines is 1. The smallest absolute Gasteiger partial charge is 0.260 e. The molecule has 0 aliphatic heterocycles. The molecule has 1 amide bonds. The number of carbonyl (C=O) groups excluding carboxylic acids is 1. The predicted molar refractivity (Wildman–Crippen MR) is 119 cm³/mol. The fourth-order valence-corrected chi connectivity index (χ4v) is 4.35. The van der Waals surface area contributed by atoms with Crippen LogP contribution in [0.4, 0.5) is 5.13 Å². The van der Waals surface area contributed by atoms with E-state index < -0.39 is 0 Å². The highest BCUT2D eigenvalue weighted by atomic mass is 32.1. The number of aryl methyl sites for hydroxylation is 1. The van der Waals surface area contributed by atoms with Crippen LogP contribution in [0.5, 0.6) is 0 Å². The Balaban J connectivity index is 1.59. The van der Waals surface area contributed by atoms with E-state index in [-0.39, 0.29) is 5.91 Å². The van der Waals surface area contributed by atoms with Gasteiger partial charge in [0, 0.05) is 30.4 Å². The minimum Gasteiger partial charge on any atom is -0.279 e. The van der Waals surface area contributed by atoms with Gasteiger partial charge in [-0.3, -0.25) is 24.6 Å². The molecule has 0 bridgehead atoms. The summed E-state index contributed by atoms with van der Waals surface area (Å²) in [4.78, 5) is 32.8. The Hall–Kier alpha value is -3.71. The van der Waals surface area contributed by atoms with Gasteiger partial charge in [-0.05, 0) is 54.4 Å². The van der Waals surface area contributed by atoms with Crippen molar-refractivity contribution in [2.75, 3.05) is 4.90 Å². The lowest BCUT2D eigenvalue weighted by Gasteiger charge is -2.20. The van der Waals surface area contributed by atoms with Gasteiger partial charge in [-0.15, -0.1) is 0 Å². The molecule has 5 rings (SSSR count). The second-order valence-corrected chi connectivity index (χ2v) is 7.99. The number of fused-ring (bicyclic) bond motifs is 2. The molecule has 30 heavy (non-hydrogen) atoms. The van der Waals surface area contributed by atoms with Crippen molar-refractivity contribution in [2.24, 2.45) is 0 Å². The number of thiazole rings is 1. The van der Waals surface area contributed by atoms with Crippen LogP contribution in [-0.4, -0.2) is 25.8 Å². The molecule has 0 aliphatic rings. The fraction of sp³-hybridized carbons (Fsp3) is 0.0870. The molecular weight excluding hydrogens is 394 g/mol. The molecule has 0 unspecified atom stereocenters. The van der Waals surface area contributed by atoms with Crippen LogP contribution in [0.3, 0.4) is 0 Å². The number of benzene rings is 2. The molecule has 6 nitrogen and oxygen atoms in total. The van der Waals surface area contributed by atoms with Crippen LogP contribution >= 0.6 is 11.3 Å².